The van der Waals surface area contributed by atoms with Crippen molar-refractivity contribution in [1.29, 1.82) is 0 Å². The third-order valence-corrected chi connectivity index (χ3v) is 5.37. The average Bonchev–Trinajstić information content (AvgIpc) is 2.42. The van der Waals surface area contributed by atoms with Crippen LogP contribution in [0.15, 0.2) is 22.7 Å². The highest BCUT2D eigenvalue weighted by Gasteiger charge is 2.28. The van der Waals surface area contributed by atoms with Gasteiger partial charge in [-0.25, -0.2) is 4.39 Å². The molecule has 2 unspecified atom stereocenters. The first-order chi connectivity index (χ1) is 9.61. The van der Waals surface area contributed by atoms with Crippen molar-refractivity contribution in [3.63, 3.8) is 0 Å². The van der Waals surface area contributed by atoms with E-state index in [1.165, 1.54) is 5.75 Å². The summed E-state index contributed by atoms with van der Waals surface area (Å²) in [5.74, 6) is 2.19. The van der Waals surface area contributed by atoms with Crippen LogP contribution < -0.4 is 5.32 Å². The second-order valence-corrected chi connectivity index (χ2v) is 7.29. The van der Waals surface area contributed by atoms with Crippen LogP contribution >= 0.6 is 27.7 Å². The zero-order chi connectivity index (χ0) is 14.5. The van der Waals surface area contributed by atoms with E-state index in [0.29, 0.717) is 12.1 Å². The topological polar surface area (TPSA) is 15.3 Å². The Bertz CT molecular complexity index is 444. The molecule has 1 aliphatic rings. The minimum absolute atomic E-state index is 0.117. The highest BCUT2D eigenvalue weighted by molar-refractivity contribution is 9.10. The summed E-state index contributed by atoms with van der Waals surface area (Å²) in [5.41, 5.74) is 0.795. The molecule has 0 aromatic heterocycles. The lowest BCUT2D eigenvalue weighted by Gasteiger charge is -2.38. The first kappa shape index (κ1) is 16.3. The standard InChI is InChI=1S/C15H22BrFN2S/c1-3-18-14(15-10-20-7-6-19(15)2)8-11-4-5-12(16)9-13(11)17/h4-5,9,14-15,18H,3,6-8,10H2,1-2H3. The Morgan fingerprint density at radius 2 is 2.35 bits per heavy atom. The van der Waals surface area contributed by atoms with Crippen molar-refractivity contribution in [2.24, 2.45) is 0 Å². The summed E-state index contributed by atoms with van der Waals surface area (Å²) >= 11 is 5.31. The molecule has 1 saturated heterocycles. The molecule has 1 aliphatic heterocycles. The van der Waals surface area contributed by atoms with Crippen LogP contribution in [-0.2, 0) is 6.42 Å². The monoisotopic (exact) mass is 360 g/mol. The number of benzene rings is 1. The van der Waals surface area contributed by atoms with Crippen LogP contribution in [0.25, 0.3) is 0 Å². The van der Waals surface area contributed by atoms with Gasteiger partial charge in [0.1, 0.15) is 5.82 Å². The Kier molecular flexibility index (Phi) is 6.33. The molecule has 1 aromatic rings. The molecule has 1 heterocycles. The van der Waals surface area contributed by atoms with Crippen molar-refractivity contribution in [2.75, 3.05) is 31.6 Å². The quantitative estimate of drug-likeness (QED) is 0.868. The molecule has 0 aliphatic carbocycles. The smallest absolute Gasteiger partial charge is 0.127 e. The number of hydrogen-bond acceptors (Lipinski definition) is 3. The van der Waals surface area contributed by atoms with E-state index in [1.807, 2.05) is 23.9 Å². The third kappa shape index (κ3) is 4.20. The predicted octanol–water partition coefficient (Wildman–Crippen LogP) is 3.16. The molecule has 0 amide bonds. The van der Waals surface area contributed by atoms with E-state index < -0.39 is 0 Å². The summed E-state index contributed by atoms with van der Waals surface area (Å²) < 4.78 is 14.8. The molecule has 0 bridgehead atoms. The highest BCUT2D eigenvalue weighted by atomic mass is 79.9. The molecule has 112 valence electrons. The van der Waals surface area contributed by atoms with Gasteiger partial charge in [-0.05, 0) is 37.7 Å². The van der Waals surface area contributed by atoms with Crippen LogP contribution in [0.2, 0.25) is 0 Å². The summed E-state index contributed by atoms with van der Waals surface area (Å²) in [5, 5.41) is 3.54. The largest absolute Gasteiger partial charge is 0.312 e. The van der Waals surface area contributed by atoms with Crippen molar-refractivity contribution in [1.82, 2.24) is 10.2 Å². The number of halogens is 2. The lowest BCUT2D eigenvalue weighted by molar-refractivity contribution is 0.214. The second-order valence-electron chi connectivity index (χ2n) is 5.23. The van der Waals surface area contributed by atoms with Crippen LogP contribution in [0.4, 0.5) is 4.39 Å². The van der Waals surface area contributed by atoms with Crippen LogP contribution in [0, 0.1) is 5.82 Å². The van der Waals surface area contributed by atoms with E-state index >= 15 is 0 Å². The molecule has 2 rings (SSSR count). The Labute approximate surface area is 133 Å². The number of hydrogen-bond donors (Lipinski definition) is 1. The molecule has 0 saturated carbocycles. The van der Waals surface area contributed by atoms with Gasteiger partial charge in [-0.3, -0.25) is 0 Å². The van der Waals surface area contributed by atoms with Gasteiger partial charge in [0, 0.05) is 34.6 Å². The van der Waals surface area contributed by atoms with Gasteiger partial charge in [0.15, 0.2) is 0 Å². The molecule has 0 spiro atoms. The molecule has 2 nitrogen and oxygen atoms in total. The van der Waals surface area contributed by atoms with E-state index in [9.17, 15) is 4.39 Å². The van der Waals surface area contributed by atoms with E-state index in [-0.39, 0.29) is 5.82 Å². The van der Waals surface area contributed by atoms with Crippen molar-refractivity contribution < 1.29 is 4.39 Å². The molecule has 0 radical (unpaired) electrons. The SMILES string of the molecule is CCNC(Cc1ccc(Br)cc1F)C1CSCCN1C. The van der Waals surface area contributed by atoms with Crippen LogP contribution in [-0.4, -0.2) is 48.6 Å². The van der Waals surface area contributed by atoms with E-state index in [0.717, 1.165) is 35.3 Å². The average molecular weight is 361 g/mol. The molecule has 20 heavy (non-hydrogen) atoms. The Hall–Kier alpha value is -0.100. The number of nitrogens with one attached hydrogen (secondary N) is 1. The molecule has 1 fully saturated rings. The van der Waals surface area contributed by atoms with Gasteiger partial charge in [-0.1, -0.05) is 28.9 Å². The molecule has 2 atom stereocenters. The van der Waals surface area contributed by atoms with Gasteiger partial charge in [0.05, 0.1) is 0 Å². The van der Waals surface area contributed by atoms with Gasteiger partial charge in [-0.2, -0.15) is 11.8 Å². The Morgan fingerprint density at radius 3 is 3.00 bits per heavy atom. The number of likely N-dealkylation sites (N-methyl/N-ethyl adjacent to an activating group) is 2. The Morgan fingerprint density at radius 1 is 1.55 bits per heavy atom. The summed E-state index contributed by atoms with van der Waals surface area (Å²) in [6, 6.07) is 6.13. The van der Waals surface area contributed by atoms with Gasteiger partial charge >= 0.3 is 0 Å². The maximum Gasteiger partial charge on any atom is 0.127 e. The molecule has 1 aromatic carbocycles. The van der Waals surface area contributed by atoms with Gasteiger partial charge in [-0.15, -0.1) is 0 Å². The fraction of sp³-hybridized carbons (Fsp3) is 0.600. The van der Waals surface area contributed by atoms with E-state index in [4.69, 9.17) is 0 Å². The summed E-state index contributed by atoms with van der Waals surface area (Å²) in [6.07, 6.45) is 0.739. The third-order valence-electron chi connectivity index (χ3n) is 3.83. The number of thioether (sulfide) groups is 1. The first-order valence-electron chi connectivity index (χ1n) is 7.07. The number of rotatable bonds is 5. The van der Waals surface area contributed by atoms with Gasteiger partial charge in [0.25, 0.3) is 0 Å². The highest BCUT2D eigenvalue weighted by Crippen LogP contribution is 2.22. The van der Waals surface area contributed by atoms with Crippen molar-refractivity contribution in [3.8, 4) is 0 Å². The van der Waals surface area contributed by atoms with E-state index in [2.05, 4.69) is 40.1 Å². The molecule has 5 heteroatoms. The minimum atomic E-state index is -0.117. The summed E-state index contributed by atoms with van der Waals surface area (Å²) in [4.78, 5) is 2.40. The second kappa shape index (κ2) is 7.78. The van der Waals surface area contributed by atoms with Crippen molar-refractivity contribution in [3.05, 3.63) is 34.1 Å². The van der Waals surface area contributed by atoms with Crippen LogP contribution in [0.3, 0.4) is 0 Å². The fourth-order valence-corrected chi connectivity index (χ4v) is 4.30. The lowest BCUT2D eigenvalue weighted by atomic mass is 9.98. The summed E-state index contributed by atoms with van der Waals surface area (Å²) in [6.45, 7) is 4.14. The fourth-order valence-electron chi connectivity index (χ4n) is 2.66. The normalized spacial score (nSPS) is 21.9. The van der Waals surface area contributed by atoms with Crippen LogP contribution in [0.5, 0.6) is 0 Å². The Balaban J connectivity index is 2.11. The maximum atomic E-state index is 14.0. The zero-order valence-electron chi connectivity index (χ0n) is 12.0. The maximum absolute atomic E-state index is 14.0. The van der Waals surface area contributed by atoms with Crippen molar-refractivity contribution >= 4 is 27.7 Å². The minimum Gasteiger partial charge on any atom is -0.312 e. The number of nitrogens with zero attached hydrogens (tertiary/aromatic N) is 1. The van der Waals surface area contributed by atoms with Crippen molar-refractivity contribution in [2.45, 2.75) is 25.4 Å². The zero-order valence-corrected chi connectivity index (χ0v) is 14.4. The van der Waals surface area contributed by atoms with Gasteiger partial charge < -0.3 is 10.2 Å². The molecule has 1 N–H and O–H groups in total. The molecular formula is C15H22BrFN2S. The van der Waals surface area contributed by atoms with Gasteiger partial charge in [0.2, 0.25) is 0 Å². The molecular weight excluding hydrogens is 339 g/mol. The first-order valence-corrected chi connectivity index (χ1v) is 9.02. The lowest BCUT2D eigenvalue weighted by Crippen LogP contribution is -2.53. The van der Waals surface area contributed by atoms with E-state index in [1.54, 1.807) is 6.07 Å². The predicted molar refractivity (Wildman–Crippen MR) is 89.0 cm³/mol. The summed E-state index contributed by atoms with van der Waals surface area (Å²) in [7, 11) is 2.17. The van der Waals surface area contributed by atoms with Crippen LogP contribution in [0.1, 0.15) is 12.5 Å².